The minimum Gasteiger partial charge on any atom is -0.453 e. The number of nitrogens with one attached hydrogen (secondary N) is 6. The Hall–Kier alpha value is -7.00. The number of hydrogen-bond donors (Lipinski definition) is 6. The van der Waals surface area contributed by atoms with Gasteiger partial charge < -0.3 is 50.8 Å². The van der Waals surface area contributed by atoms with Gasteiger partial charge in [0.15, 0.2) is 0 Å². The van der Waals surface area contributed by atoms with Crippen molar-refractivity contribution in [1.29, 1.82) is 0 Å². The van der Waals surface area contributed by atoms with Gasteiger partial charge in [-0.15, -0.1) is 0 Å². The van der Waals surface area contributed by atoms with Crippen LogP contribution in [0.2, 0.25) is 0 Å². The van der Waals surface area contributed by atoms with Crippen LogP contribution < -0.4 is 66.0 Å². The van der Waals surface area contributed by atoms with Crippen LogP contribution in [0.3, 0.4) is 0 Å². The molecule has 2 aromatic rings. The van der Waals surface area contributed by atoms with Crippen LogP contribution in [0.4, 0.5) is 14.4 Å². The van der Waals surface area contributed by atoms with Crippen molar-refractivity contribution in [3.8, 4) is 0 Å². The lowest BCUT2D eigenvalue weighted by Gasteiger charge is -2.14. The third-order valence-electron chi connectivity index (χ3n) is 13.7. The normalized spacial score (nSPS) is 11.0. The van der Waals surface area contributed by atoms with Gasteiger partial charge in [0.25, 0.3) is 0 Å². The molecular formula is C56H98N12O16. The maximum absolute atomic E-state index is 13.5. The Labute approximate surface area is 491 Å². The molecular weight excluding hydrogens is 1100 g/mol. The third kappa shape index (κ3) is 32.2. The molecule has 0 aliphatic heterocycles. The molecule has 0 aliphatic carbocycles. The second kappa shape index (κ2) is 45.4. The smallest absolute Gasteiger partial charge is 0.407 e. The molecule has 0 radical (unpaired) electrons. The Morgan fingerprint density at radius 3 is 0.702 bits per heavy atom. The molecule has 0 saturated heterocycles. The standard InChI is InChI=1S/C56H98N12O16/c1-45(69)57-29-17-5-11-23-35-63-51(75)64(36-24-12-6-18-30-58-46(2)70)54(78)67(53(63)77)39-27-15-9-21-33-61-49(73)83-43-41-82-42-44-84-50(74)62-34-22-10-16-28-40-68-55(79)65(37-25-13-7-19-31-59-47(3)71)52(76)66(56(68)80)38-26-14-8-20-32-60-48(72)81-4/h5-44H2,1-4H3,(H,57,69)(H,58,70)(H,59,71)(H,60,72)(H,61,73)(H,62,74). The molecule has 2 aromatic heterocycles. The van der Waals surface area contributed by atoms with Crippen LogP contribution in [0.15, 0.2) is 28.8 Å². The number of rotatable bonds is 48. The van der Waals surface area contributed by atoms with Crippen molar-refractivity contribution in [2.75, 3.05) is 72.8 Å². The molecule has 28 nitrogen and oxygen atoms in total. The monoisotopic (exact) mass is 1190 g/mol. The highest BCUT2D eigenvalue weighted by atomic mass is 16.6. The minimum absolute atomic E-state index is 0.0263. The molecule has 28 heteroatoms. The summed E-state index contributed by atoms with van der Waals surface area (Å²) in [5.74, 6) is -0.299. The second-order valence-electron chi connectivity index (χ2n) is 20.7. The number of ether oxygens (including phenoxy) is 4. The molecule has 2 rings (SSSR count). The molecule has 0 saturated carbocycles. The number of alkyl carbamates (subject to hydrolysis) is 3. The van der Waals surface area contributed by atoms with Crippen molar-refractivity contribution in [2.24, 2.45) is 0 Å². The topological polar surface area (TPSA) is 344 Å². The second-order valence-corrected chi connectivity index (χ2v) is 20.7. The van der Waals surface area contributed by atoms with E-state index in [1.54, 1.807) is 0 Å². The Balaban J connectivity index is 1.68. The Morgan fingerprint density at radius 2 is 0.488 bits per heavy atom. The van der Waals surface area contributed by atoms with E-state index in [-0.39, 0.29) is 83.4 Å². The number of aromatic nitrogens is 6. The Morgan fingerprint density at radius 1 is 0.286 bits per heavy atom. The van der Waals surface area contributed by atoms with E-state index < -0.39 is 52.4 Å². The number of amides is 6. The summed E-state index contributed by atoms with van der Waals surface area (Å²) in [6, 6.07) is 0. The summed E-state index contributed by atoms with van der Waals surface area (Å²) in [6.07, 6.45) is 14.5. The molecule has 0 bridgehead atoms. The van der Waals surface area contributed by atoms with Crippen molar-refractivity contribution < 1.29 is 47.7 Å². The Bertz CT molecular complexity index is 2570. The number of unbranched alkanes of at least 4 members (excludes halogenated alkanes) is 18. The van der Waals surface area contributed by atoms with Crippen molar-refractivity contribution in [2.45, 2.75) is 214 Å². The molecule has 84 heavy (non-hydrogen) atoms. The van der Waals surface area contributed by atoms with Crippen LogP contribution in [0.1, 0.15) is 175 Å². The van der Waals surface area contributed by atoms with E-state index in [4.69, 9.17) is 14.2 Å². The molecule has 0 aromatic carbocycles. The maximum atomic E-state index is 13.5. The van der Waals surface area contributed by atoms with Crippen molar-refractivity contribution in [3.63, 3.8) is 0 Å². The van der Waals surface area contributed by atoms with Crippen molar-refractivity contribution in [1.82, 2.24) is 59.3 Å². The average Bonchev–Trinajstić information content (AvgIpc) is 1.66. The number of hydrogen-bond acceptors (Lipinski definition) is 16. The summed E-state index contributed by atoms with van der Waals surface area (Å²) in [6.45, 7) is 8.17. The van der Waals surface area contributed by atoms with E-state index in [1.165, 1.54) is 27.9 Å². The summed E-state index contributed by atoms with van der Waals surface area (Å²) < 4.78 is 27.1. The van der Waals surface area contributed by atoms with E-state index in [2.05, 4.69) is 36.6 Å². The SMILES string of the molecule is COC(=O)NCCCCCCn1c(=O)n(CCCCCCNC(C)=O)c(=O)n(CCCCCCNC(=O)OCCOCCOC(=O)NCCCCCCn2c(=O)n(CCCCCCNC(C)=O)c(=O)n(CCCCCCNC(C)=O)c2=O)c1=O. The van der Waals surface area contributed by atoms with Gasteiger partial charge in [0.05, 0.1) is 20.3 Å². The first kappa shape index (κ1) is 73.1. The first-order valence-electron chi connectivity index (χ1n) is 30.3. The lowest BCUT2D eigenvalue weighted by atomic mass is 10.2. The quantitative estimate of drug-likeness (QED) is 0.0410. The first-order valence-corrected chi connectivity index (χ1v) is 30.3. The van der Waals surface area contributed by atoms with Gasteiger partial charge in [0.2, 0.25) is 17.7 Å². The van der Waals surface area contributed by atoms with Gasteiger partial charge in [-0.3, -0.25) is 14.4 Å². The van der Waals surface area contributed by atoms with Gasteiger partial charge in [-0.05, 0) is 77.0 Å². The van der Waals surface area contributed by atoms with Crippen LogP contribution in [0.25, 0.3) is 0 Å². The molecule has 0 spiro atoms. The first-order chi connectivity index (χ1) is 40.5. The van der Waals surface area contributed by atoms with E-state index in [9.17, 15) is 57.5 Å². The minimum atomic E-state index is -0.645. The molecule has 6 N–H and O–H groups in total. The fraction of sp³-hybridized carbons (Fsp3) is 0.786. The summed E-state index contributed by atoms with van der Waals surface area (Å²) in [4.78, 5) is 150. The summed E-state index contributed by atoms with van der Waals surface area (Å²) in [5.41, 5.74) is -3.80. The van der Waals surface area contributed by atoms with Crippen LogP contribution >= 0.6 is 0 Å². The summed E-state index contributed by atoms with van der Waals surface area (Å²) in [7, 11) is 1.29. The fourth-order valence-corrected chi connectivity index (χ4v) is 9.03. The Kier molecular flexibility index (Phi) is 39.5. The van der Waals surface area contributed by atoms with Gasteiger partial charge in [0, 0.05) is 99.3 Å². The largest absolute Gasteiger partial charge is 0.453 e. The highest BCUT2D eigenvalue weighted by Gasteiger charge is 2.18. The van der Waals surface area contributed by atoms with E-state index in [0.717, 1.165) is 91.6 Å². The van der Waals surface area contributed by atoms with Gasteiger partial charge in [-0.1, -0.05) is 77.0 Å². The molecule has 2 heterocycles. The molecule has 0 unspecified atom stereocenters. The summed E-state index contributed by atoms with van der Waals surface area (Å²) >= 11 is 0. The fourth-order valence-electron chi connectivity index (χ4n) is 9.03. The van der Waals surface area contributed by atoms with E-state index in [1.807, 2.05) is 0 Å². The highest BCUT2D eigenvalue weighted by molar-refractivity contribution is 5.73. The van der Waals surface area contributed by atoms with Crippen LogP contribution in [-0.2, 0) is 72.6 Å². The predicted octanol–water partition coefficient (Wildman–Crippen LogP) is 2.95. The number of carbonyl (C=O) groups is 6. The maximum Gasteiger partial charge on any atom is 0.407 e. The van der Waals surface area contributed by atoms with Gasteiger partial charge in [-0.2, -0.15) is 0 Å². The predicted molar refractivity (Wildman–Crippen MR) is 315 cm³/mol. The van der Waals surface area contributed by atoms with Gasteiger partial charge in [0.1, 0.15) is 13.2 Å². The van der Waals surface area contributed by atoms with Crippen molar-refractivity contribution in [3.05, 3.63) is 62.9 Å². The van der Waals surface area contributed by atoms with Gasteiger partial charge in [-0.25, -0.2) is 70.6 Å². The number of methoxy groups -OCH3 is 1. The molecule has 0 aliphatic rings. The summed E-state index contributed by atoms with van der Waals surface area (Å²) in [5, 5.41) is 16.2. The van der Waals surface area contributed by atoms with Gasteiger partial charge >= 0.3 is 52.4 Å². The van der Waals surface area contributed by atoms with Crippen molar-refractivity contribution >= 4 is 36.0 Å². The van der Waals surface area contributed by atoms with E-state index in [0.29, 0.717) is 129 Å². The number of nitrogens with zero attached hydrogens (tertiary/aromatic N) is 6. The van der Waals surface area contributed by atoms with Crippen LogP contribution in [0, 0.1) is 0 Å². The zero-order valence-electron chi connectivity index (χ0n) is 50.5. The molecule has 0 fully saturated rings. The lowest BCUT2D eigenvalue weighted by molar-refractivity contribution is -0.119. The molecule has 478 valence electrons. The zero-order valence-corrected chi connectivity index (χ0v) is 50.5. The zero-order chi connectivity index (χ0) is 61.7. The van der Waals surface area contributed by atoms with Crippen LogP contribution in [0.5, 0.6) is 0 Å². The molecule has 0 atom stereocenters. The van der Waals surface area contributed by atoms with E-state index >= 15 is 0 Å². The molecule has 6 amide bonds. The third-order valence-corrected chi connectivity index (χ3v) is 13.7. The van der Waals surface area contributed by atoms with Crippen LogP contribution in [-0.4, -0.2) is 136 Å². The highest BCUT2D eigenvalue weighted by Crippen LogP contribution is 2.06. The average molecular weight is 1200 g/mol. The lowest BCUT2D eigenvalue weighted by Crippen LogP contribution is -2.54. The number of carbonyl (C=O) groups excluding carboxylic acids is 6.